The lowest BCUT2D eigenvalue weighted by Crippen LogP contribution is -2.42. The number of carbonyl (C=O) groups excluding carboxylic acids is 2. The van der Waals surface area contributed by atoms with Crippen molar-refractivity contribution < 1.29 is 29.0 Å². The van der Waals surface area contributed by atoms with Crippen LogP contribution in [0.15, 0.2) is 0 Å². The first-order valence-electron chi connectivity index (χ1n) is 9.37. The van der Waals surface area contributed by atoms with Crippen molar-refractivity contribution in [3.8, 4) is 0 Å². The van der Waals surface area contributed by atoms with E-state index in [4.69, 9.17) is 15.2 Å². The van der Waals surface area contributed by atoms with Crippen LogP contribution in [-0.2, 0) is 23.9 Å². The van der Waals surface area contributed by atoms with E-state index >= 15 is 0 Å². The second kappa shape index (κ2) is 11.2. The van der Waals surface area contributed by atoms with Gasteiger partial charge in [-0.2, -0.15) is 0 Å². The number of ether oxygens (including phenoxy) is 2. The fourth-order valence-electron chi connectivity index (χ4n) is 3.08. The van der Waals surface area contributed by atoms with Gasteiger partial charge in [0, 0.05) is 6.54 Å². The molecule has 0 radical (unpaired) electrons. The number of hydrogen-bond acceptors (Lipinski definition) is 6. The summed E-state index contributed by atoms with van der Waals surface area (Å²) in [7, 11) is 0. The summed E-state index contributed by atoms with van der Waals surface area (Å²) in [5.74, 6) is -2.53. The largest absolute Gasteiger partial charge is 0.481 e. The SMILES string of the molecule is CCCOC(=O)C(C)(CC(CC)C(=O)O)CC(C)(CC)C(=O)OCCN. The van der Waals surface area contributed by atoms with Crippen LogP contribution in [0.4, 0.5) is 0 Å². The molecule has 26 heavy (non-hydrogen) atoms. The van der Waals surface area contributed by atoms with Crippen LogP contribution in [0.2, 0.25) is 0 Å². The van der Waals surface area contributed by atoms with Gasteiger partial charge in [0.2, 0.25) is 0 Å². The van der Waals surface area contributed by atoms with E-state index in [-0.39, 0.29) is 32.6 Å². The Hall–Kier alpha value is -1.63. The highest BCUT2D eigenvalue weighted by atomic mass is 16.5. The highest BCUT2D eigenvalue weighted by Crippen LogP contribution is 2.43. The van der Waals surface area contributed by atoms with Gasteiger partial charge in [0.15, 0.2) is 0 Å². The molecule has 7 nitrogen and oxygen atoms in total. The predicted molar refractivity (Wildman–Crippen MR) is 98.4 cm³/mol. The molecule has 0 aromatic rings. The maximum atomic E-state index is 12.7. The zero-order chi connectivity index (χ0) is 20.4. The fraction of sp³-hybridized carbons (Fsp3) is 0.842. The Labute approximate surface area is 156 Å². The van der Waals surface area contributed by atoms with E-state index in [0.29, 0.717) is 19.3 Å². The third kappa shape index (κ3) is 6.94. The normalized spacial score (nSPS) is 16.8. The summed E-state index contributed by atoms with van der Waals surface area (Å²) in [5, 5.41) is 9.42. The van der Waals surface area contributed by atoms with Gasteiger partial charge in [0.05, 0.1) is 23.4 Å². The van der Waals surface area contributed by atoms with Crippen molar-refractivity contribution >= 4 is 17.9 Å². The minimum absolute atomic E-state index is 0.109. The standard InChI is InChI=1S/C19H35NO6/c1-6-10-25-17(24)19(5,12-14(7-2)15(21)22)13-18(4,8-3)16(23)26-11-9-20/h14H,6-13,20H2,1-5H3,(H,21,22). The van der Waals surface area contributed by atoms with E-state index in [1.54, 1.807) is 20.8 Å². The smallest absolute Gasteiger partial charge is 0.311 e. The fourth-order valence-corrected chi connectivity index (χ4v) is 3.08. The monoisotopic (exact) mass is 373 g/mol. The van der Waals surface area contributed by atoms with Crippen molar-refractivity contribution in [2.45, 2.75) is 66.7 Å². The molecule has 0 saturated carbocycles. The van der Waals surface area contributed by atoms with Crippen LogP contribution < -0.4 is 5.73 Å². The Morgan fingerprint density at radius 1 is 1.00 bits per heavy atom. The number of carbonyl (C=O) groups is 3. The van der Waals surface area contributed by atoms with Gasteiger partial charge >= 0.3 is 17.9 Å². The number of aliphatic carboxylic acids is 1. The summed E-state index contributed by atoms with van der Waals surface area (Å²) >= 11 is 0. The van der Waals surface area contributed by atoms with E-state index in [2.05, 4.69) is 0 Å². The third-order valence-corrected chi connectivity index (χ3v) is 4.87. The number of rotatable bonds is 13. The molecule has 0 fully saturated rings. The van der Waals surface area contributed by atoms with Gasteiger partial charge in [-0.25, -0.2) is 0 Å². The Morgan fingerprint density at radius 2 is 1.54 bits per heavy atom. The highest BCUT2D eigenvalue weighted by Gasteiger charge is 2.47. The lowest BCUT2D eigenvalue weighted by Gasteiger charge is -2.37. The zero-order valence-electron chi connectivity index (χ0n) is 16.8. The second-order valence-electron chi connectivity index (χ2n) is 7.36. The van der Waals surface area contributed by atoms with Gasteiger partial charge in [-0.15, -0.1) is 0 Å². The summed E-state index contributed by atoms with van der Waals surface area (Å²) in [4.78, 5) is 36.8. The molecule has 0 aliphatic heterocycles. The lowest BCUT2D eigenvalue weighted by atomic mass is 9.67. The maximum Gasteiger partial charge on any atom is 0.311 e. The Kier molecular flexibility index (Phi) is 10.5. The van der Waals surface area contributed by atoms with Crippen LogP contribution in [0, 0.1) is 16.7 Å². The first kappa shape index (κ1) is 24.4. The Morgan fingerprint density at radius 3 is 1.96 bits per heavy atom. The second-order valence-corrected chi connectivity index (χ2v) is 7.36. The summed E-state index contributed by atoms with van der Waals surface area (Å²) in [5.41, 5.74) is 3.37. The topological polar surface area (TPSA) is 116 Å². The quantitative estimate of drug-likeness (QED) is 0.477. The van der Waals surface area contributed by atoms with E-state index in [0.717, 1.165) is 0 Å². The third-order valence-electron chi connectivity index (χ3n) is 4.87. The Bertz CT molecular complexity index is 481. The molecule has 0 bridgehead atoms. The summed E-state index contributed by atoms with van der Waals surface area (Å²) < 4.78 is 10.5. The number of hydrogen-bond donors (Lipinski definition) is 2. The van der Waals surface area contributed by atoms with Crippen LogP contribution in [0.25, 0.3) is 0 Å². The van der Waals surface area contributed by atoms with Crippen molar-refractivity contribution in [2.75, 3.05) is 19.8 Å². The molecule has 0 spiro atoms. The van der Waals surface area contributed by atoms with Gasteiger partial charge < -0.3 is 20.3 Å². The summed E-state index contributed by atoms with van der Waals surface area (Å²) in [6.07, 6.45) is 1.79. The first-order chi connectivity index (χ1) is 12.1. The minimum atomic E-state index is -1.10. The molecule has 0 amide bonds. The molecule has 7 heteroatoms. The first-order valence-corrected chi connectivity index (χ1v) is 9.37. The van der Waals surface area contributed by atoms with Gasteiger partial charge in [-0.1, -0.05) is 20.8 Å². The van der Waals surface area contributed by atoms with E-state index in [1.165, 1.54) is 0 Å². The average Bonchev–Trinajstić information content (AvgIpc) is 2.61. The van der Waals surface area contributed by atoms with Crippen molar-refractivity contribution in [1.82, 2.24) is 0 Å². The number of nitrogens with two attached hydrogens (primary N) is 1. The molecular weight excluding hydrogens is 338 g/mol. The van der Waals surface area contributed by atoms with Crippen molar-refractivity contribution in [2.24, 2.45) is 22.5 Å². The number of carboxylic acid groups (broad SMARTS) is 1. The molecule has 0 aliphatic carbocycles. The van der Waals surface area contributed by atoms with E-state index < -0.39 is 34.7 Å². The molecule has 0 heterocycles. The van der Waals surface area contributed by atoms with Crippen LogP contribution in [0.5, 0.6) is 0 Å². The molecule has 0 aromatic heterocycles. The lowest BCUT2D eigenvalue weighted by molar-refractivity contribution is -0.165. The van der Waals surface area contributed by atoms with Gasteiger partial charge in [-0.3, -0.25) is 14.4 Å². The molecule has 152 valence electrons. The number of carboxylic acids is 1. The van der Waals surface area contributed by atoms with Gasteiger partial charge in [-0.05, 0) is 46.0 Å². The molecular formula is C19H35NO6. The summed E-state index contributed by atoms with van der Waals surface area (Å²) in [6, 6.07) is 0. The Balaban J connectivity index is 5.64. The van der Waals surface area contributed by atoms with Crippen molar-refractivity contribution in [3.05, 3.63) is 0 Å². The maximum absolute atomic E-state index is 12.7. The molecule has 0 saturated heterocycles. The van der Waals surface area contributed by atoms with Crippen molar-refractivity contribution in [1.29, 1.82) is 0 Å². The molecule has 3 unspecified atom stereocenters. The summed E-state index contributed by atoms with van der Waals surface area (Å²) in [6.45, 7) is 9.51. The zero-order valence-corrected chi connectivity index (χ0v) is 16.8. The molecule has 0 rings (SSSR count). The molecule has 0 aliphatic rings. The van der Waals surface area contributed by atoms with E-state index in [1.807, 2.05) is 13.8 Å². The molecule has 3 N–H and O–H groups in total. The van der Waals surface area contributed by atoms with Gasteiger partial charge in [0.1, 0.15) is 6.61 Å². The highest BCUT2D eigenvalue weighted by molar-refractivity contribution is 5.81. The van der Waals surface area contributed by atoms with Crippen LogP contribution in [0.3, 0.4) is 0 Å². The van der Waals surface area contributed by atoms with Gasteiger partial charge in [0.25, 0.3) is 0 Å². The molecule has 0 aromatic carbocycles. The van der Waals surface area contributed by atoms with Crippen LogP contribution in [-0.4, -0.2) is 42.8 Å². The van der Waals surface area contributed by atoms with Crippen molar-refractivity contribution in [3.63, 3.8) is 0 Å². The predicted octanol–water partition coefficient (Wildman–Crippen LogP) is 2.76. The van der Waals surface area contributed by atoms with E-state index in [9.17, 15) is 19.5 Å². The average molecular weight is 373 g/mol. The minimum Gasteiger partial charge on any atom is -0.481 e. The van der Waals surface area contributed by atoms with Crippen LogP contribution in [0.1, 0.15) is 66.7 Å². The molecule has 3 atom stereocenters. The number of esters is 2. The van der Waals surface area contributed by atoms with Crippen LogP contribution >= 0.6 is 0 Å².